The van der Waals surface area contributed by atoms with E-state index in [-0.39, 0.29) is 0 Å². The summed E-state index contributed by atoms with van der Waals surface area (Å²) in [5.74, 6) is 1.05. The number of ether oxygens (including phenoxy) is 1. The zero-order valence-corrected chi connectivity index (χ0v) is 18.4. The third-order valence-electron chi connectivity index (χ3n) is 5.91. The van der Waals surface area contributed by atoms with Crippen LogP contribution in [0.25, 0.3) is 0 Å². The van der Waals surface area contributed by atoms with Gasteiger partial charge in [0.1, 0.15) is 5.75 Å². The van der Waals surface area contributed by atoms with Crippen LogP contribution in [0.15, 0.2) is 66.7 Å². The van der Waals surface area contributed by atoms with Crippen LogP contribution in [0, 0.1) is 13.8 Å². The third kappa shape index (κ3) is 5.73. The van der Waals surface area contributed by atoms with E-state index in [1.807, 2.05) is 0 Å². The van der Waals surface area contributed by atoms with Gasteiger partial charge in [-0.2, -0.15) is 0 Å². The Hall–Kier alpha value is -2.58. The standard InChI is InChI=1S/C28H33NO/c1-22-9-12-24(13-10-22)20-29-15-4-3-5-16-30-28-14-11-23(2)17-27(28)19-25-7-6-8-26(18-25)21-29/h6-14,17-18H,3-5,15-16,19-21H2,1-2H3. The van der Waals surface area contributed by atoms with E-state index in [2.05, 4.69) is 85.5 Å². The molecule has 0 aliphatic carbocycles. The molecule has 0 N–H and O–H groups in total. The van der Waals surface area contributed by atoms with Gasteiger partial charge in [0.25, 0.3) is 0 Å². The highest BCUT2D eigenvalue weighted by Crippen LogP contribution is 2.25. The largest absolute Gasteiger partial charge is 0.493 e. The summed E-state index contributed by atoms with van der Waals surface area (Å²) in [5.41, 5.74) is 8.05. The second-order valence-corrected chi connectivity index (χ2v) is 8.71. The lowest BCUT2D eigenvalue weighted by atomic mass is 10.00. The maximum absolute atomic E-state index is 6.18. The Bertz CT molecular complexity index is 961. The summed E-state index contributed by atoms with van der Waals surface area (Å²) in [6, 6.07) is 24.6. The topological polar surface area (TPSA) is 12.5 Å². The number of benzene rings is 3. The van der Waals surface area contributed by atoms with Crippen LogP contribution in [-0.4, -0.2) is 18.1 Å². The van der Waals surface area contributed by atoms with Gasteiger partial charge < -0.3 is 4.74 Å². The first-order valence-corrected chi connectivity index (χ1v) is 11.2. The van der Waals surface area contributed by atoms with Crippen molar-refractivity contribution in [1.29, 1.82) is 0 Å². The first kappa shape index (κ1) is 20.7. The van der Waals surface area contributed by atoms with Crippen LogP contribution in [0.2, 0.25) is 0 Å². The van der Waals surface area contributed by atoms with Crippen LogP contribution in [0.4, 0.5) is 0 Å². The molecule has 0 saturated carbocycles. The molecule has 0 atom stereocenters. The van der Waals surface area contributed by atoms with Crippen LogP contribution < -0.4 is 4.74 Å². The highest BCUT2D eigenvalue weighted by Gasteiger charge is 2.11. The summed E-state index contributed by atoms with van der Waals surface area (Å²) in [5, 5.41) is 0. The van der Waals surface area contributed by atoms with Crippen LogP contribution in [0.3, 0.4) is 0 Å². The van der Waals surface area contributed by atoms with Gasteiger partial charge >= 0.3 is 0 Å². The first-order valence-electron chi connectivity index (χ1n) is 11.2. The van der Waals surface area contributed by atoms with Gasteiger partial charge in [0, 0.05) is 19.5 Å². The second kappa shape index (κ2) is 9.95. The number of aryl methyl sites for hydroxylation is 2. The van der Waals surface area contributed by atoms with Gasteiger partial charge in [-0.25, -0.2) is 0 Å². The van der Waals surface area contributed by atoms with E-state index < -0.39 is 0 Å². The molecule has 0 saturated heterocycles. The number of nitrogens with zero attached hydrogens (tertiary/aromatic N) is 1. The SMILES string of the molecule is Cc1ccc(CN2CCCCCOc3ccc(C)cc3Cc3cccc(c3)C2)cc1. The molecule has 1 aliphatic rings. The minimum absolute atomic E-state index is 0.800. The molecule has 3 aromatic carbocycles. The average Bonchev–Trinajstić information content (AvgIpc) is 2.73. The molecule has 0 aromatic heterocycles. The molecule has 0 radical (unpaired) electrons. The summed E-state index contributed by atoms with van der Waals surface area (Å²) in [6.45, 7) is 8.23. The number of fused-ring (bicyclic) bond motifs is 3. The number of rotatable bonds is 2. The highest BCUT2D eigenvalue weighted by atomic mass is 16.5. The van der Waals surface area contributed by atoms with Gasteiger partial charge in [0.15, 0.2) is 0 Å². The van der Waals surface area contributed by atoms with Gasteiger partial charge in [-0.1, -0.05) is 71.8 Å². The zero-order chi connectivity index (χ0) is 20.8. The first-order chi connectivity index (χ1) is 14.7. The Labute approximate surface area is 181 Å². The van der Waals surface area contributed by atoms with E-state index in [1.165, 1.54) is 46.2 Å². The van der Waals surface area contributed by atoms with E-state index in [0.717, 1.165) is 44.8 Å². The molecule has 156 valence electrons. The Balaban J connectivity index is 1.57. The smallest absolute Gasteiger partial charge is 0.122 e. The number of hydrogen-bond acceptors (Lipinski definition) is 2. The molecule has 0 amide bonds. The van der Waals surface area contributed by atoms with Gasteiger partial charge in [-0.05, 0) is 68.0 Å². The van der Waals surface area contributed by atoms with Crippen LogP contribution in [0.1, 0.15) is 52.6 Å². The lowest BCUT2D eigenvalue weighted by Crippen LogP contribution is -2.24. The molecule has 3 aromatic rings. The van der Waals surface area contributed by atoms with Crippen molar-refractivity contribution in [3.05, 3.63) is 100 Å². The fraction of sp³-hybridized carbons (Fsp3) is 0.357. The van der Waals surface area contributed by atoms with Crippen molar-refractivity contribution in [2.45, 2.75) is 52.6 Å². The summed E-state index contributed by atoms with van der Waals surface area (Å²) >= 11 is 0. The van der Waals surface area contributed by atoms with Gasteiger partial charge in [-0.3, -0.25) is 4.90 Å². The Morgan fingerprint density at radius 2 is 1.60 bits per heavy atom. The normalized spacial score (nSPS) is 15.7. The van der Waals surface area contributed by atoms with Crippen molar-refractivity contribution in [2.24, 2.45) is 0 Å². The molecule has 1 heterocycles. The van der Waals surface area contributed by atoms with E-state index >= 15 is 0 Å². The van der Waals surface area contributed by atoms with Crippen LogP contribution in [-0.2, 0) is 19.5 Å². The monoisotopic (exact) mass is 399 g/mol. The third-order valence-corrected chi connectivity index (χ3v) is 5.91. The van der Waals surface area contributed by atoms with E-state index in [1.54, 1.807) is 0 Å². The van der Waals surface area contributed by atoms with Crippen LogP contribution >= 0.6 is 0 Å². The van der Waals surface area contributed by atoms with Gasteiger partial charge in [0.2, 0.25) is 0 Å². The summed E-state index contributed by atoms with van der Waals surface area (Å²) in [4.78, 5) is 2.59. The maximum Gasteiger partial charge on any atom is 0.122 e. The molecule has 0 unspecified atom stereocenters. The van der Waals surface area contributed by atoms with Crippen molar-refractivity contribution in [3.63, 3.8) is 0 Å². The van der Waals surface area contributed by atoms with E-state index in [9.17, 15) is 0 Å². The van der Waals surface area contributed by atoms with Crippen molar-refractivity contribution in [2.75, 3.05) is 13.2 Å². The fourth-order valence-electron chi connectivity index (χ4n) is 4.27. The van der Waals surface area contributed by atoms with Crippen molar-refractivity contribution >= 4 is 0 Å². The minimum atomic E-state index is 0.800. The summed E-state index contributed by atoms with van der Waals surface area (Å²) in [6.07, 6.45) is 4.43. The molecular formula is C28H33NO. The van der Waals surface area contributed by atoms with Gasteiger partial charge in [-0.15, -0.1) is 0 Å². The predicted octanol–water partition coefficient (Wildman–Crippen LogP) is 6.46. The lowest BCUT2D eigenvalue weighted by molar-refractivity contribution is 0.243. The Kier molecular flexibility index (Phi) is 6.86. The maximum atomic E-state index is 6.18. The molecule has 2 nitrogen and oxygen atoms in total. The molecule has 0 spiro atoms. The van der Waals surface area contributed by atoms with Crippen molar-refractivity contribution in [3.8, 4) is 5.75 Å². The molecule has 1 aliphatic heterocycles. The molecular weight excluding hydrogens is 366 g/mol. The molecule has 2 bridgehead atoms. The number of hydrogen-bond donors (Lipinski definition) is 0. The summed E-state index contributed by atoms with van der Waals surface area (Å²) < 4.78 is 6.18. The minimum Gasteiger partial charge on any atom is -0.493 e. The molecule has 4 rings (SSSR count). The lowest BCUT2D eigenvalue weighted by Gasteiger charge is -2.23. The molecule has 0 fully saturated rings. The predicted molar refractivity (Wildman–Crippen MR) is 125 cm³/mol. The van der Waals surface area contributed by atoms with Crippen molar-refractivity contribution < 1.29 is 4.74 Å². The van der Waals surface area contributed by atoms with Gasteiger partial charge in [0.05, 0.1) is 6.61 Å². The average molecular weight is 400 g/mol. The van der Waals surface area contributed by atoms with Crippen molar-refractivity contribution in [1.82, 2.24) is 4.90 Å². The zero-order valence-electron chi connectivity index (χ0n) is 18.4. The van der Waals surface area contributed by atoms with E-state index in [4.69, 9.17) is 4.74 Å². The Morgan fingerprint density at radius 1 is 0.800 bits per heavy atom. The highest BCUT2D eigenvalue weighted by molar-refractivity contribution is 5.41. The second-order valence-electron chi connectivity index (χ2n) is 8.71. The Morgan fingerprint density at radius 3 is 2.47 bits per heavy atom. The summed E-state index contributed by atoms with van der Waals surface area (Å²) in [7, 11) is 0. The fourth-order valence-corrected chi connectivity index (χ4v) is 4.27. The molecule has 2 heteroatoms. The van der Waals surface area contributed by atoms with Crippen LogP contribution in [0.5, 0.6) is 5.75 Å². The quantitative estimate of drug-likeness (QED) is 0.490. The van der Waals surface area contributed by atoms with E-state index in [0.29, 0.717) is 0 Å². The molecule has 30 heavy (non-hydrogen) atoms.